The van der Waals surface area contributed by atoms with E-state index in [4.69, 9.17) is 17.3 Å². The molecule has 39 heavy (non-hydrogen) atoms. The van der Waals surface area contributed by atoms with Crippen molar-refractivity contribution >= 4 is 40.6 Å². The molecule has 1 aromatic rings. The van der Waals surface area contributed by atoms with Crippen LogP contribution in [0.1, 0.15) is 47.7 Å². The predicted octanol–water partition coefficient (Wildman–Crippen LogP) is 0.752. The molecular weight excluding hydrogens is 526 g/mol. The Morgan fingerprint density at radius 2 is 1.82 bits per heavy atom. The van der Waals surface area contributed by atoms with Crippen molar-refractivity contribution in [2.75, 3.05) is 27.2 Å². The molecule has 0 aromatic heterocycles. The first kappa shape index (κ1) is 27.9. The van der Waals surface area contributed by atoms with Gasteiger partial charge in [0.05, 0.1) is 17.5 Å². The van der Waals surface area contributed by atoms with Gasteiger partial charge in [0.25, 0.3) is 0 Å². The molecule has 2 unspecified atom stereocenters. The fourth-order valence-electron chi connectivity index (χ4n) is 7.28. The summed E-state index contributed by atoms with van der Waals surface area (Å²) in [5, 5.41) is 22.9. The molecule has 2 saturated carbocycles. The van der Waals surface area contributed by atoms with E-state index in [1.54, 1.807) is 14.1 Å². The molecule has 6 atom stereocenters. The normalized spacial score (nSPS) is 33.6. The van der Waals surface area contributed by atoms with Crippen LogP contribution in [0, 0.1) is 29.6 Å². The van der Waals surface area contributed by atoms with Crippen LogP contribution in [0.4, 0.5) is 0 Å². The van der Waals surface area contributed by atoms with Crippen LogP contribution in [0.25, 0.3) is 0 Å². The van der Waals surface area contributed by atoms with Crippen LogP contribution in [0.2, 0.25) is 5.02 Å². The van der Waals surface area contributed by atoms with Gasteiger partial charge < -0.3 is 15.9 Å². The van der Waals surface area contributed by atoms with Gasteiger partial charge in [-0.15, -0.1) is 0 Å². The minimum absolute atomic E-state index is 0.00474. The zero-order chi connectivity index (χ0) is 28.5. The summed E-state index contributed by atoms with van der Waals surface area (Å²) >= 11 is 6.83. The van der Waals surface area contributed by atoms with Crippen LogP contribution in [0.5, 0.6) is 5.75 Å². The molecule has 1 aliphatic heterocycles. The number of benzene rings is 1. The zero-order valence-corrected chi connectivity index (χ0v) is 23.0. The first-order valence-electron chi connectivity index (χ1n) is 13.4. The first-order valence-corrected chi connectivity index (χ1v) is 13.8. The number of Topliss-reactive ketones (excluding diaryl/α,β-unsaturated/α-hetero) is 4. The van der Waals surface area contributed by atoms with Crippen molar-refractivity contribution < 1.29 is 34.2 Å². The van der Waals surface area contributed by atoms with E-state index < -0.39 is 64.4 Å². The molecule has 210 valence electrons. The summed E-state index contributed by atoms with van der Waals surface area (Å²) in [6.07, 6.45) is 2.27. The molecule has 0 bridgehead atoms. The highest BCUT2D eigenvalue weighted by Crippen LogP contribution is 2.51. The van der Waals surface area contributed by atoms with Gasteiger partial charge in [-0.2, -0.15) is 0 Å². The predicted molar refractivity (Wildman–Crippen MR) is 140 cm³/mol. The first-order chi connectivity index (χ1) is 18.3. The summed E-state index contributed by atoms with van der Waals surface area (Å²) in [7, 11) is 3.11. The number of ketones is 4. The molecule has 1 heterocycles. The number of carbonyl (C=O) groups excluding carboxylic acids is 5. The third-order valence-electron chi connectivity index (χ3n) is 9.34. The van der Waals surface area contributed by atoms with E-state index in [0.29, 0.717) is 28.6 Å². The minimum atomic E-state index is -2.73. The maximum absolute atomic E-state index is 13.8. The standard InChI is InChI=1S/C28H34ClN3O7/c1-12-4-6-32(7-5-12)11-14-10-17(33)19-15(21(14)29)8-13-9-16-22(31(2)3)24(35)20(27(30)38)26(37)28(16,39)25(36)18(13)23(19)34/h10,12-13,16,18,20,22,33,39H,4-9,11H2,1-3H3,(H2,30,38)/t13-,16-,18?,20?,22-,28-/m0/s1. The lowest BCUT2D eigenvalue weighted by Crippen LogP contribution is -2.74. The number of likely N-dealkylation sites (N-methyl/N-ethyl adjacent to an activating group) is 1. The molecule has 1 amide bonds. The number of hydrogen-bond acceptors (Lipinski definition) is 9. The average Bonchev–Trinajstić information content (AvgIpc) is 2.85. The smallest absolute Gasteiger partial charge is 0.235 e. The highest BCUT2D eigenvalue weighted by molar-refractivity contribution is 6.34. The van der Waals surface area contributed by atoms with Crippen LogP contribution in [-0.2, 0) is 32.1 Å². The van der Waals surface area contributed by atoms with Gasteiger partial charge in [0.2, 0.25) is 5.91 Å². The van der Waals surface area contributed by atoms with E-state index in [-0.39, 0.29) is 24.2 Å². The summed E-state index contributed by atoms with van der Waals surface area (Å²) in [4.78, 5) is 69.9. The lowest BCUT2D eigenvalue weighted by molar-refractivity contribution is -0.181. The Bertz CT molecular complexity index is 1290. The number of aliphatic hydroxyl groups is 1. The maximum Gasteiger partial charge on any atom is 0.235 e. The molecule has 0 radical (unpaired) electrons. The number of fused-ring (bicyclic) bond motifs is 3. The Hall–Kier alpha value is -2.66. The number of carbonyl (C=O) groups is 5. The number of rotatable bonds is 4. The zero-order valence-electron chi connectivity index (χ0n) is 22.3. The van der Waals surface area contributed by atoms with Gasteiger partial charge in [-0.05, 0) is 81.9 Å². The number of likely N-dealkylation sites (tertiary alicyclic amines) is 1. The molecule has 4 N–H and O–H groups in total. The lowest BCUT2D eigenvalue weighted by atomic mass is 9.52. The fourth-order valence-corrected chi connectivity index (χ4v) is 7.57. The van der Waals surface area contributed by atoms with Gasteiger partial charge in [0.1, 0.15) is 5.75 Å². The molecule has 3 fully saturated rings. The van der Waals surface area contributed by atoms with Gasteiger partial charge in [-0.1, -0.05) is 18.5 Å². The van der Waals surface area contributed by atoms with Gasteiger partial charge in [-0.3, -0.25) is 33.8 Å². The number of hydrogen-bond donors (Lipinski definition) is 3. The van der Waals surface area contributed by atoms with Crippen LogP contribution < -0.4 is 5.73 Å². The summed E-state index contributed by atoms with van der Waals surface area (Å²) in [5.74, 6) is -9.98. The Kier molecular flexibility index (Phi) is 6.98. The topological polar surface area (TPSA) is 158 Å². The number of piperidine rings is 1. The summed E-state index contributed by atoms with van der Waals surface area (Å²) in [6.45, 7) is 4.52. The van der Waals surface area contributed by atoms with Crippen LogP contribution in [0.3, 0.4) is 0 Å². The number of aromatic hydroxyl groups is 1. The monoisotopic (exact) mass is 559 g/mol. The number of nitrogens with zero attached hydrogens (tertiary/aromatic N) is 2. The van der Waals surface area contributed by atoms with Crippen molar-refractivity contribution in [1.29, 1.82) is 0 Å². The minimum Gasteiger partial charge on any atom is -0.507 e. The Balaban J connectivity index is 1.54. The molecule has 4 aliphatic rings. The van der Waals surface area contributed by atoms with E-state index in [2.05, 4.69) is 11.8 Å². The Labute approximate surface area is 231 Å². The van der Waals surface area contributed by atoms with Gasteiger partial charge in [0, 0.05) is 17.5 Å². The molecule has 0 spiro atoms. The second-order valence-corrected chi connectivity index (χ2v) is 12.3. The van der Waals surface area contributed by atoms with E-state index in [1.165, 1.54) is 11.0 Å². The quantitative estimate of drug-likeness (QED) is 0.452. The second-order valence-electron chi connectivity index (χ2n) is 12.0. The van der Waals surface area contributed by atoms with Gasteiger partial charge in [-0.25, -0.2) is 0 Å². The third-order valence-corrected chi connectivity index (χ3v) is 9.81. The van der Waals surface area contributed by atoms with Crippen molar-refractivity contribution in [3.63, 3.8) is 0 Å². The van der Waals surface area contributed by atoms with E-state index in [0.717, 1.165) is 25.9 Å². The molecule has 5 rings (SSSR count). The number of primary amides is 1. The largest absolute Gasteiger partial charge is 0.507 e. The molecule has 1 aromatic carbocycles. The summed E-state index contributed by atoms with van der Waals surface area (Å²) < 4.78 is 0. The average molecular weight is 560 g/mol. The molecule has 3 aliphatic carbocycles. The highest BCUT2D eigenvalue weighted by atomic mass is 35.5. The molecule has 11 heteroatoms. The Morgan fingerprint density at radius 3 is 2.41 bits per heavy atom. The molecular formula is C28H34ClN3O7. The second kappa shape index (κ2) is 9.76. The van der Waals surface area contributed by atoms with Crippen LogP contribution >= 0.6 is 11.6 Å². The van der Waals surface area contributed by atoms with Crippen molar-refractivity contribution in [2.24, 2.45) is 35.3 Å². The van der Waals surface area contributed by atoms with Gasteiger partial charge >= 0.3 is 0 Å². The van der Waals surface area contributed by atoms with E-state index >= 15 is 0 Å². The number of phenolic OH excluding ortho intramolecular Hbond substituents is 1. The Morgan fingerprint density at radius 1 is 1.18 bits per heavy atom. The SMILES string of the molecule is CC1CCN(Cc2cc(O)c3c(c2Cl)C[C@H]2C[C@H]4[C@H](N(C)C)C(=O)C(C(N)=O)C(=O)[C@@]4(O)C(=O)C2C3=O)CC1. The number of nitrogens with two attached hydrogens (primary N) is 1. The van der Waals surface area contributed by atoms with Crippen molar-refractivity contribution in [2.45, 2.75) is 50.8 Å². The van der Waals surface area contributed by atoms with E-state index in [1.807, 2.05) is 0 Å². The van der Waals surface area contributed by atoms with E-state index in [9.17, 15) is 34.2 Å². The number of amides is 1. The van der Waals surface area contributed by atoms with Crippen molar-refractivity contribution in [1.82, 2.24) is 9.80 Å². The van der Waals surface area contributed by atoms with Gasteiger partial charge in [0.15, 0.2) is 34.7 Å². The van der Waals surface area contributed by atoms with Crippen molar-refractivity contribution in [3.05, 3.63) is 27.8 Å². The summed E-state index contributed by atoms with van der Waals surface area (Å²) in [5.41, 5.74) is 3.65. The van der Waals surface area contributed by atoms with Crippen LogP contribution in [0.15, 0.2) is 6.07 Å². The maximum atomic E-state index is 13.8. The van der Waals surface area contributed by atoms with Crippen LogP contribution in [-0.4, -0.2) is 87.9 Å². The fraction of sp³-hybridized carbons (Fsp3) is 0.607. The number of halogens is 1. The summed E-state index contributed by atoms with van der Waals surface area (Å²) in [6, 6.07) is 0.320. The molecule has 1 saturated heterocycles. The number of phenols is 1. The van der Waals surface area contributed by atoms with Crippen molar-refractivity contribution in [3.8, 4) is 5.75 Å². The molecule has 10 nitrogen and oxygen atoms in total. The lowest BCUT2D eigenvalue weighted by Gasteiger charge is -2.52. The third kappa shape index (κ3) is 4.15. The highest BCUT2D eigenvalue weighted by Gasteiger charge is 2.69.